The van der Waals surface area contributed by atoms with Crippen LogP contribution in [0.3, 0.4) is 0 Å². The molecule has 0 unspecified atom stereocenters. The van der Waals surface area contributed by atoms with Crippen LogP contribution in [0.15, 0.2) is 24.5 Å². The van der Waals surface area contributed by atoms with Crippen molar-refractivity contribution in [1.82, 2.24) is 15.0 Å². The number of benzene rings is 1. The predicted molar refractivity (Wildman–Crippen MR) is 64.0 cm³/mol. The topological polar surface area (TPSA) is 39.1 Å². The highest BCUT2D eigenvalue weighted by atomic mass is 16.6. The lowest BCUT2D eigenvalue weighted by Crippen LogP contribution is -2.10. The Labute approximate surface area is 95.2 Å². The van der Waals surface area contributed by atoms with Crippen molar-refractivity contribution in [3.8, 4) is 0 Å². The van der Waals surface area contributed by atoms with Gasteiger partial charge in [0.05, 0.1) is 24.5 Å². The number of aromatic nitrogens is 2. The average molecular weight is 219 g/mol. The Balaban J connectivity index is 2.33. The van der Waals surface area contributed by atoms with E-state index in [9.17, 15) is 0 Å². The molecule has 2 rings (SSSR count). The molecule has 0 atom stereocenters. The largest absolute Gasteiger partial charge is 0.328 e. The predicted octanol–water partition coefficient (Wildman–Crippen LogP) is 2.27. The Morgan fingerprint density at radius 2 is 2.25 bits per heavy atom. The molecule has 0 saturated carbocycles. The third-order valence-corrected chi connectivity index (χ3v) is 2.62. The van der Waals surface area contributed by atoms with E-state index in [1.807, 2.05) is 6.33 Å². The molecular formula is C12H17N3O. The van der Waals surface area contributed by atoms with Crippen molar-refractivity contribution >= 4 is 11.0 Å². The van der Waals surface area contributed by atoms with Crippen LogP contribution in [0.1, 0.15) is 25.5 Å². The van der Waals surface area contributed by atoms with Gasteiger partial charge in [0.1, 0.15) is 0 Å². The second kappa shape index (κ2) is 4.63. The molecule has 16 heavy (non-hydrogen) atoms. The maximum atomic E-state index is 4.83. The van der Waals surface area contributed by atoms with E-state index in [0.29, 0.717) is 12.6 Å². The highest BCUT2D eigenvalue weighted by Crippen LogP contribution is 2.18. The smallest absolute Gasteiger partial charge is 0.0960 e. The molecule has 86 valence electrons. The highest BCUT2D eigenvalue weighted by Gasteiger charge is 2.05. The number of hydrogen-bond donors (Lipinski definition) is 1. The van der Waals surface area contributed by atoms with Gasteiger partial charge in [-0.25, -0.2) is 4.98 Å². The summed E-state index contributed by atoms with van der Waals surface area (Å²) in [5.74, 6) is 0. The molecule has 0 aliphatic carbocycles. The first-order chi connectivity index (χ1) is 7.72. The fraction of sp³-hybridized carbons (Fsp3) is 0.417. The van der Waals surface area contributed by atoms with Crippen molar-refractivity contribution in [3.63, 3.8) is 0 Å². The average Bonchev–Trinajstić information content (AvgIpc) is 2.69. The number of hydroxylamine groups is 1. The van der Waals surface area contributed by atoms with Gasteiger partial charge in [-0.1, -0.05) is 6.07 Å². The van der Waals surface area contributed by atoms with Crippen molar-refractivity contribution in [2.75, 3.05) is 7.11 Å². The molecule has 0 aliphatic rings. The number of nitrogens with zero attached hydrogens (tertiary/aromatic N) is 2. The molecule has 0 spiro atoms. The monoisotopic (exact) mass is 219 g/mol. The van der Waals surface area contributed by atoms with E-state index >= 15 is 0 Å². The van der Waals surface area contributed by atoms with Gasteiger partial charge in [0.2, 0.25) is 0 Å². The van der Waals surface area contributed by atoms with Crippen LogP contribution in [0.2, 0.25) is 0 Å². The molecular weight excluding hydrogens is 202 g/mol. The van der Waals surface area contributed by atoms with Crippen LogP contribution >= 0.6 is 0 Å². The molecule has 1 N–H and O–H groups in total. The van der Waals surface area contributed by atoms with Crippen LogP contribution in [0.5, 0.6) is 0 Å². The lowest BCUT2D eigenvalue weighted by Gasteiger charge is -2.08. The van der Waals surface area contributed by atoms with Gasteiger partial charge in [-0.05, 0) is 31.5 Å². The van der Waals surface area contributed by atoms with Crippen molar-refractivity contribution < 1.29 is 4.84 Å². The summed E-state index contributed by atoms with van der Waals surface area (Å²) in [5.41, 5.74) is 6.20. The third-order valence-electron chi connectivity index (χ3n) is 2.62. The molecule has 4 heteroatoms. The third kappa shape index (κ3) is 2.08. The summed E-state index contributed by atoms with van der Waals surface area (Å²) in [5, 5.41) is 0. The van der Waals surface area contributed by atoms with Gasteiger partial charge in [-0.15, -0.1) is 0 Å². The Kier molecular flexibility index (Phi) is 3.22. The number of hydrogen-bond acceptors (Lipinski definition) is 3. The van der Waals surface area contributed by atoms with E-state index in [1.165, 1.54) is 11.1 Å². The van der Waals surface area contributed by atoms with Crippen LogP contribution < -0.4 is 5.48 Å². The lowest BCUT2D eigenvalue weighted by molar-refractivity contribution is 0.0867. The summed E-state index contributed by atoms with van der Waals surface area (Å²) >= 11 is 0. The zero-order valence-corrected chi connectivity index (χ0v) is 9.90. The minimum Gasteiger partial charge on any atom is -0.328 e. The van der Waals surface area contributed by atoms with Crippen LogP contribution in [0.4, 0.5) is 0 Å². The molecule has 0 amide bonds. The Bertz CT molecular complexity index is 476. The van der Waals surface area contributed by atoms with Gasteiger partial charge in [0, 0.05) is 12.6 Å². The minimum absolute atomic E-state index is 0.438. The van der Waals surface area contributed by atoms with Crippen LogP contribution in [0.25, 0.3) is 11.0 Å². The van der Waals surface area contributed by atoms with Gasteiger partial charge in [-0.3, -0.25) is 0 Å². The van der Waals surface area contributed by atoms with E-state index in [4.69, 9.17) is 4.84 Å². The molecule has 0 fully saturated rings. The first-order valence-electron chi connectivity index (χ1n) is 5.43. The summed E-state index contributed by atoms with van der Waals surface area (Å²) in [6, 6.07) is 6.72. The van der Waals surface area contributed by atoms with Gasteiger partial charge in [0.15, 0.2) is 0 Å². The maximum absolute atomic E-state index is 4.83. The fourth-order valence-electron chi connectivity index (χ4n) is 1.75. The highest BCUT2D eigenvalue weighted by molar-refractivity contribution is 5.76. The van der Waals surface area contributed by atoms with Crippen LogP contribution in [-0.2, 0) is 11.4 Å². The zero-order valence-electron chi connectivity index (χ0n) is 9.90. The molecule has 2 aromatic rings. The Morgan fingerprint density at radius 3 is 2.94 bits per heavy atom. The van der Waals surface area contributed by atoms with Gasteiger partial charge >= 0.3 is 0 Å². The number of rotatable bonds is 4. The fourth-order valence-corrected chi connectivity index (χ4v) is 1.75. The zero-order chi connectivity index (χ0) is 11.5. The first-order valence-corrected chi connectivity index (χ1v) is 5.43. The normalized spacial score (nSPS) is 11.5. The first kappa shape index (κ1) is 11.1. The van der Waals surface area contributed by atoms with E-state index in [1.54, 1.807) is 7.11 Å². The summed E-state index contributed by atoms with van der Waals surface area (Å²) in [7, 11) is 1.62. The summed E-state index contributed by atoms with van der Waals surface area (Å²) in [6.45, 7) is 5.00. The SMILES string of the molecule is CONCc1ccc2c(c1)ncn2C(C)C. The van der Waals surface area contributed by atoms with Crippen molar-refractivity contribution in [1.29, 1.82) is 0 Å². The van der Waals surface area contributed by atoms with Crippen LogP contribution in [-0.4, -0.2) is 16.7 Å². The summed E-state index contributed by atoms with van der Waals surface area (Å²) < 4.78 is 2.17. The molecule has 1 heterocycles. The molecule has 1 aromatic carbocycles. The van der Waals surface area contributed by atoms with Crippen molar-refractivity contribution in [3.05, 3.63) is 30.1 Å². The van der Waals surface area contributed by atoms with E-state index in [2.05, 4.69) is 47.1 Å². The maximum Gasteiger partial charge on any atom is 0.0960 e. The minimum atomic E-state index is 0.438. The number of fused-ring (bicyclic) bond motifs is 1. The van der Waals surface area contributed by atoms with Crippen molar-refractivity contribution in [2.24, 2.45) is 0 Å². The van der Waals surface area contributed by atoms with Gasteiger partial charge in [-0.2, -0.15) is 5.48 Å². The standard InChI is InChI=1S/C12H17N3O/c1-9(2)15-8-13-11-6-10(7-14-16-3)4-5-12(11)15/h4-6,8-9,14H,7H2,1-3H3. The van der Waals surface area contributed by atoms with Crippen LogP contribution in [0, 0.1) is 0 Å². The lowest BCUT2D eigenvalue weighted by atomic mass is 10.2. The molecule has 0 radical (unpaired) electrons. The second-order valence-electron chi connectivity index (χ2n) is 4.09. The van der Waals surface area contributed by atoms with Gasteiger partial charge < -0.3 is 9.40 Å². The Hall–Kier alpha value is -1.39. The Morgan fingerprint density at radius 1 is 1.44 bits per heavy atom. The van der Waals surface area contributed by atoms with E-state index in [-0.39, 0.29) is 0 Å². The summed E-state index contributed by atoms with van der Waals surface area (Å²) in [4.78, 5) is 9.23. The number of nitrogens with one attached hydrogen (secondary N) is 1. The second-order valence-corrected chi connectivity index (χ2v) is 4.09. The van der Waals surface area contributed by atoms with Crippen molar-refractivity contribution in [2.45, 2.75) is 26.4 Å². The molecule has 1 aromatic heterocycles. The number of imidazole rings is 1. The molecule has 0 bridgehead atoms. The molecule has 0 saturated heterocycles. The molecule has 4 nitrogen and oxygen atoms in total. The van der Waals surface area contributed by atoms with Gasteiger partial charge in [0.25, 0.3) is 0 Å². The molecule has 0 aliphatic heterocycles. The summed E-state index contributed by atoms with van der Waals surface area (Å²) in [6.07, 6.45) is 1.89. The van der Waals surface area contributed by atoms with E-state index in [0.717, 1.165) is 5.52 Å². The quantitative estimate of drug-likeness (QED) is 0.802. The van der Waals surface area contributed by atoms with E-state index < -0.39 is 0 Å².